The van der Waals surface area contributed by atoms with Crippen LogP contribution in [0.4, 0.5) is 4.39 Å². The Balaban J connectivity index is 1.26. The van der Waals surface area contributed by atoms with E-state index in [1.54, 1.807) is 0 Å². The van der Waals surface area contributed by atoms with Gasteiger partial charge in [0.05, 0.1) is 11.1 Å². The van der Waals surface area contributed by atoms with Gasteiger partial charge in [-0.15, -0.1) is 0 Å². The fourth-order valence-corrected chi connectivity index (χ4v) is 4.65. The van der Waals surface area contributed by atoms with E-state index in [4.69, 9.17) is 16.3 Å². The number of carbonyl (C=O) groups excluding carboxylic acids is 2. The number of rotatable bonds is 6. The minimum absolute atomic E-state index is 0.0134. The molecule has 3 saturated carbocycles. The molecular formula is C20H25ClFN3O3. The lowest BCUT2D eigenvalue weighted by atomic mass is 9.60. The summed E-state index contributed by atoms with van der Waals surface area (Å²) in [5, 5.41) is 9.44. The van der Waals surface area contributed by atoms with Crippen LogP contribution >= 0.6 is 11.6 Å². The standard InChI is InChI=1S/C20H25ClFN3O3/c21-14-4-3-13(8-15(14)22)28-10-19(26)24-17-9-18(12-6-11(17)7-12)25-20(27)16-2-1-5-23-16/h3-4,8,11-12,16-18,23H,1-2,5-7,9-10H2,(H,24,26)(H,25,27). The van der Waals surface area contributed by atoms with Crippen molar-refractivity contribution in [1.29, 1.82) is 0 Å². The van der Waals surface area contributed by atoms with Gasteiger partial charge in [-0.2, -0.15) is 0 Å². The maximum atomic E-state index is 13.4. The Morgan fingerprint density at radius 3 is 2.61 bits per heavy atom. The van der Waals surface area contributed by atoms with E-state index in [0.29, 0.717) is 11.8 Å². The van der Waals surface area contributed by atoms with E-state index in [9.17, 15) is 14.0 Å². The van der Waals surface area contributed by atoms with E-state index in [1.807, 2.05) is 0 Å². The van der Waals surface area contributed by atoms with Crippen LogP contribution in [-0.4, -0.2) is 43.1 Å². The van der Waals surface area contributed by atoms with Gasteiger partial charge in [-0.05, 0) is 62.6 Å². The van der Waals surface area contributed by atoms with Crippen LogP contribution in [0.2, 0.25) is 5.02 Å². The van der Waals surface area contributed by atoms with Crippen molar-refractivity contribution in [1.82, 2.24) is 16.0 Å². The second-order valence-corrected chi connectivity index (χ2v) is 8.44. The molecular weight excluding hydrogens is 385 g/mol. The Labute approximate surface area is 168 Å². The Kier molecular flexibility index (Phi) is 5.73. The molecule has 0 radical (unpaired) electrons. The minimum Gasteiger partial charge on any atom is -0.484 e. The molecule has 1 aromatic rings. The molecule has 3 N–H and O–H groups in total. The Hall–Kier alpha value is -1.86. The summed E-state index contributed by atoms with van der Waals surface area (Å²) in [6.07, 6.45) is 4.71. The molecule has 8 heteroatoms. The predicted octanol–water partition coefficient (Wildman–Crippen LogP) is 2.01. The highest BCUT2D eigenvalue weighted by Gasteiger charge is 2.47. The van der Waals surface area contributed by atoms with Crippen molar-refractivity contribution in [3.63, 3.8) is 0 Å². The molecule has 3 aliphatic carbocycles. The molecule has 3 unspecified atom stereocenters. The molecule has 0 spiro atoms. The SMILES string of the molecule is O=C(COc1ccc(Cl)c(F)c1)NC1CC(NC(=O)C2CCCN2)C2CC1C2. The second-order valence-electron chi connectivity index (χ2n) is 8.03. The number of ether oxygens (including phenoxy) is 1. The van der Waals surface area contributed by atoms with Gasteiger partial charge in [0.15, 0.2) is 6.61 Å². The molecule has 5 rings (SSSR count). The van der Waals surface area contributed by atoms with Crippen LogP contribution in [0.3, 0.4) is 0 Å². The third-order valence-corrected chi connectivity index (χ3v) is 6.48. The van der Waals surface area contributed by atoms with E-state index < -0.39 is 5.82 Å². The minimum atomic E-state index is -0.581. The number of halogens is 2. The maximum Gasteiger partial charge on any atom is 0.258 e. The molecule has 2 amide bonds. The molecule has 1 heterocycles. The van der Waals surface area contributed by atoms with Crippen LogP contribution in [-0.2, 0) is 9.59 Å². The summed E-state index contributed by atoms with van der Waals surface area (Å²) in [4.78, 5) is 24.7. The van der Waals surface area contributed by atoms with E-state index in [-0.39, 0.29) is 47.3 Å². The molecule has 0 aromatic heterocycles. The summed E-state index contributed by atoms with van der Waals surface area (Å²) < 4.78 is 18.8. The number of benzene rings is 1. The van der Waals surface area contributed by atoms with Crippen molar-refractivity contribution >= 4 is 23.4 Å². The zero-order chi connectivity index (χ0) is 19.7. The maximum absolute atomic E-state index is 13.4. The molecule has 2 bridgehead atoms. The average Bonchev–Trinajstić information content (AvgIpc) is 3.16. The summed E-state index contributed by atoms with van der Waals surface area (Å²) in [7, 11) is 0. The van der Waals surface area contributed by atoms with E-state index in [1.165, 1.54) is 12.1 Å². The molecule has 1 saturated heterocycles. The van der Waals surface area contributed by atoms with Crippen molar-refractivity contribution in [2.45, 2.75) is 50.2 Å². The number of fused-ring (bicyclic) bond motifs is 2. The van der Waals surface area contributed by atoms with Gasteiger partial charge < -0.3 is 20.7 Å². The Morgan fingerprint density at radius 2 is 1.93 bits per heavy atom. The van der Waals surface area contributed by atoms with Crippen molar-refractivity contribution < 1.29 is 18.7 Å². The van der Waals surface area contributed by atoms with Gasteiger partial charge in [-0.3, -0.25) is 9.59 Å². The van der Waals surface area contributed by atoms with Crippen molar-refractivity contribution in [2.24, 2.45) is 11.8 Å². The third kappa shape index (κ3) is 4.25. The lowest BCUT2D eigenvalue weighted by Crippen LogP contribution is -2.61. The predicted molar refractivity (Wildman–Crippen MR) is 103 cm³/mol. The molecule has 3 atom stereocenters. The first-order chi connectivity index (χ1) is 13.5. The van der Waals surface area contributed by atoms with Gasteiger partial charge in [0.2, 0.25) is 5.91 Å². The highest BCUT2D eigenvalue weighted by Crippen LogP contribution is 2.45. The van der Waals surface area contributed by atoms with Gasteiger partial charge in [0.1, 0.15) is 11.6 Å². The van der Waals surface area contributed by atoms with Gasteiger partial charge >= 0.3 is 0 Å². The highest BCUT2D eigenvalue weighted by atomic mass is 35.5. The van der Waals surface area contributed by atoms with E-state index in [2.05, 4.69) is 16.0 Å². The molecule has 1 aromatic carbocycles. The van der Waals surface area contributed by atoms with Gasteiger partial charge in [-0.1, -0.05) is 11.6 Å². The first-order valence-corrected chi connectivity index (χ1v) is 10.3. The van der Waals surface area contributed by atoms with Crippen molar-refractivity contribution in [2.75, 3.05) is 13.2 Å². The summed E-state index contributed by atoms with van der Waals surface area (Å²) in [5.74, 6) is 0.483. The molecule has 1 aliphatic heterocycles. The zero-order valence-electron chi connectivity index (χ0n) is 15.5. The fourth-order valence-electron chi connectivity index (χ4n) is 4.53. The fraction of sp³-hybridized carbons (Fsp3) is 0.600. The number of amides is 2. The van der Waals surface area contributed by atoms with Crippen LogP contribution in [0.1, 0.15) is 32.1 Å². The molecule has 4 aliphatic rings. The second kappa shape index (κ2) is 8.25. The average molecular weight is 410 g/mol. The van der Waals surface area contributed by atoms with Crippen molar-refractivity contribution in [3.8, 4) is 5.75 Å². The molecule has 28 heavy (non-hydrogen) atoms. The van der Waals surface area contributed by atoms with E-state index in [0.717, 1.165) is 44.7 Å². The quantitative estimate of drug-likeness (QED) is 0.671. The number of nitrogens with one attached hydrogen (secondary N) is 3. The number of carbonyl (C=O) groups is 2. The highest BCUT2D eigenvalue weighted by molar-refractivity contribution is 6.30. The van der Waals surface area contributed by atoms with Gasteiger partial charge in [-0.25, -0.2) is 4.39 Å². The Morgan fingerprint density at radius 1 is 1.18 bits per heavy atom. The third-order valence-electron chi connectivity index (χ3n) is 6.17. The van der Waals surface area contributed by atoms with E-state index >= 15 is 0 Å². The lowest BCUT2D eigenvalue weighted by molar-refractivity contribution is -0.127. The molecule has 4 fully saturated rings. The van der Waals surface area contributed by atoms with Crippen LogP contribution in [0.15, 0.2) is 18.2 Å². The smallest absolute Gasteiger partial charge is 0.258 e. The Bertz CT molecular complexity index is 750. The van der Waals surface area contributed by atoms with Crippen molar-refractivity contribution in [3.05, 3.63) is 29.0 Å². The summed E-state index contributed by atoms with van der Waals surface area (Å²) in [6.45, 7) is 0.710. The zero-order valence-corrected chi connectivity index (χ0v) is 16.3. The van der Waals surface area contributed by atoms with Crippen LogP contribution in [0.25, 0.3) is 0 Å². The lowest BCUT2D eigenvalue weighted by Gasteiger charge is -2.51. The first-order valence-electron chi connectivity index (χ1n) is 9.90. The summed E-state index contributed by atoms with van der Waals surface area (Å²) in [6, 6.07) is 4.14. The number of hydrogen-bond acceptors (Lipinski definition) is 4. The summed E-state index contributed by atoms with van der Waals surface area (Å²) >= 11 is 5.64. The molecule has 152 valence electrons. The van der Waals surface area contributed by atoms with Gasteiger partial charge in [0.25, 0.3) is 5.91 Å². The molecule has 6 nitrogen and oxygen atoms in total. The largest absolute Gasteiger partial charge is 0.484 e. The van der Waals surface area contributed by atoms with Crippen LogP contribution in [0.5, 0.6) is 5.75 Å². The van der Waals surface area contributed by atoms with Crippen LogP contribution in [0, 0.1) is 17.7 Å². The normalized spacial score (nSPS) is 31.0. The summed E-state index contributed by atoms with van der Waals surface area (Å²) in [5.41, 5.74) is 0. The first kappa shape index (κ1) is 19.5. The topological polar surface area (TPSA) is 79.5 Å². The van der Waals surface area contributed by atoms with Crippen LogP contribution < -0.4 is 20.7 Å². The monoisotopic (exact) mass is 409 g/mol. The number of hydrogen-bond donors (Lipinski definition) is 3. The van der Waals surface area contributed by atoms with Gasteiger partial charge in [0, 0.05) is 18.2 Å².